The molecule has 0 heterocycles. The minimum absolute atomic E-state index is 0.0771. The molecule has 0 unspecified atom stereocenters. The first-order valence-electron chi connectivity index (χ1n) is 5.53. The summed E-state index contributed by atoms with van der Waals surface area (Å²) in [5.41, 5.74) is 1.93. The highest BCUT2D eigenvalue weighted by molar-refractivity contribution is 5.75. The topological polar surface area (TPSA) is 117 Å². The summed E-state index contributed by atoms with van der Waals surface area (Å²) >= 11 is 0. The number of amides is 1. The lowest BCUT2D eigenvalue weighted by Gasteiger charge is -2.10. The Kier molecular flexibility index (Phi) is 5.55. The zero-order valence-electron chi connectivity index (χ0n) is 10.4. The highest BCUT2D eigenvalue weighted by Gasteiger charge is 2.12. The van der Waals surface area contributed by atoms with Crippen molar-refractivity contribution in [2.24, 2.45) is 5.84 Å². The van der Waals surface area contributed by atoms with Crippen LogP contribution in [0.5, 0.6) is 11.5 Å². The molecule has 1 aromatic rings. The van der Waals surface area contributed by atoms with Crippen LogP contribution >= 0.6 is 0 Å². The Balaban J connectivity index is 2.58. The van der Waals surface area contributed by atoms with Crippen LogP contribution < -0.4 is 20.7 Å². The number of non-ortho nitro benzene ring substituents is 1. The largest absolute Gasteiger partial charge is 0.493 e. The summed E-state index contributed by atoms with van der Waals surface area (Å²) < 4.78 is 10.4. The Hall–Kier alpha value is -2.35. The molecule has 0 spiro atoms. The molecule has 19 heavy (non-hydrogen) atoms. The third-order valence-electron chi connectivity index (χ3n) is 2.32. The average Bonchev–Trinajstić information content (AvgIpc) is 2.42. The van der Waals surface area contributed by atoms with Gasteiger partial charge in [-0.2, -0.15) is 0 Å². The molecule has 0 fully saturated rings. The summed E-state index contributed by atoms with van der Waals surface area (Å²) in [7, 11) is 1.40. The standard InChI is InChI=1S/C11H15N3O5/c1-18-10-7-8(14(16)17)4-5-9(10)19-6-2-3-11(15)13-12/h4-5,7H,2-3,6,12H2,1H3,(H,13,15). The number of nitro benzene ring substituents is 1. The second-order valence-electron chi connectivity index (χ2n) is 3.61. The summed E-state index contributed by atoms with van der Waals surface area (Å²) in [5.74, 6) is 5.32. The fourth-order valence-corrected chi connectivity index (χ4v) is 1.38. The van der Waals surface area contributed by atoms with Crippen molar-refractivity contribution in [3.8, 4) is 11.5 Å². The van der Waals surface area contributed by atoms with Gasteiger partial charge in [-0.1, -0.05) is 0 Å². The van der Waals surface area contributed by atoms with Gasteiger partial charge in [0.2, 0.25) is 5.91 Å². The fraction of sp³-hybridized carbons (Fsp3) is 0.364. The Morgan fingerprint density at radius 3 is 2.79 bits per heavy atom. The molecule has 1 amide bonds. The number of nitro groups is 1. The van der Waals surface area contributed by atoms with Gasteiger partial charge in [-0.05, 0) is 12.5 Å². The van der Waals surface area contributed by atoms with E-state index in [0.717, 1.165) is 0 Å². The normalized spacial score (nSPS) is 9.79. The molecule has 3 N–H and O–H groups in total. The van der Waals surface area contributed by atoms with E-state index in [-0.39, 0.29) is 30.4 Å². The molecule has 0 atom stereocenters. The van der Waals surface area contributed by atoms with E-state index in [1.165, 1.54) is 25.3 Å². The molecule has 8 heteroatoms. The van der Waals surface area contributed by atoms with E-state index in [1.54, 1.807) is 0 Å². The number of hydrogen-bond acceptors (Lipinski definition) is 6. The third kappa shape index (κ3) is 4.43. The minimum Gasteiger partial charge on any atom is -0.493 e. The number of methoxy groups -OCH3 is 1. The Bertz CT molecular complexity index is 464. The van der Waals surface area contributed by atoms with E-state index >= 15 is 0 Å². The maximum atomic E-state index is 10.9. The minimum atomic E-state index is -0.516. The van der Waals surface area contributed by atoms with Crippen molar-refractivity contribution in [1.82, 2.24) is 5.43 Å². The number of nitrogens with two attached hydrogens (primary N) is 1. The zero-order chi connectivity index (χ0) is 14.3. The molecule has 0 aromatic heterocycles. The number of nitrogens with one attached hydrogen (secondary N) is 1. The number of carbonyl (C=O) groups excluding carboxylic acids is 1. The van der Waals surface area contributed by atoms with Crippen LogP contribution in [0, 0.1) is 10.1 Å². The van der Waals surface area contributed by atoms with Gasteiger partial charge in [0.25, 0.3) is 5.69 Å². The number of carbonyl (C=O) groups is 1. The van der Waals surface area contributed by atoms with Crippen molar-refractivity contribution in [1.29, 1.82) is 0 Å². The predicted molar refractivity (Wildman–Crippen MR) is 66.7 cm³/mol. The predicted octanol–water partition coefficient (Wildman–Crippen LogP) is 0.752. The Morgan fingerprint density at radius 2 is 2.21 bits per heavy atom. The first-order valence-corrected chi connectivity index (χ1v) is 5.53. The highest BCUT2D eigenvalue weighted by Crippen LogP contribution is 2.31. The van der Waals surface area contributed by atoms with Gasteiger partial charge in [0.1, 0.15) is 0 Å². The maximum Gasteiger partial charge on any atom is 0.273 e. The first kappa shape index (κ1) is 14.7. The monoisotopic (exact) mass is 269 g/mol. The van der Waals surface area contributed by atoms with E-state index < -0.39 is 4.92 Å². The molecule has 8 nitrogen and oxygen atoms in total. The molecule has 0 aliphatic heterocycles. The van der Waals surface area contributed by atoms with Gasteiger partial charge in [0.05, 0.1) is 24.7 Å². The molecule has 0 saturated heterocycles. The molecule has 104 valence electrons. The van der Waals surface area contributed by atoms with Crippen LogP contribution in [0.4, 0.5) is 5.69 Å². The van der Waals surface area contributed by atoms with E-state index in [0.29, 0.717) is 12.2 Å². The van der Waals surface area contributed by atoms with Gasteiger partial charge in [-0.25, -0.2) is 5.84 Å². The molecule has 0 saturated carbocycles. The molecule has 0 aliphatic carbocycles. The second kappa shape index (κ2) is 7.17. The lowest BCUT2D eigenvalue weighted by atomic mass is 10.2. The van der Waals surface area contributed by atoms with Crippen LogP contribution in [-0.2, 0) is 4.79 Å². The Labute approximate surface area is 109 Å². The van der Waals surface area contributed by atoms with Gasteiger partial charge in [0.15, 0.2) is 11.5 Å². The lowest BCUT2D eigenvalue weighted by Crippen LogP contribution is -2.29. The molecule has 1 rings (SSSR count). The molecule has 0 aliphatic rings. The Morgan fingerprint density at radius 1 is 1.47 bits per heavy atom. The van der Waals surface area contributed by atoms with Crippen LogP contribution in [0.25, 0.3) is 0 Å². The van der Waals surface area contributed by atoms with Gasteiger partial charge < -0.3 is 9.47 Å². The van der Waals surface area contributed by atoms with E-state index in [2.05, 4.69) is 0 Å². The van der Waals surface area contributed by atoms with Crippen molar-refractivity contribution in [2.45, 2.75) is 12.8 Å². The molecule has 1 aromatic carbocycles. The number of benzene rings is 1. The van der Waals surface area contributed by atoms with Crippen molar-refractivity contribution >= 4 is 11.6 Å². The van der Waals surface area contributed by atoms with Crippen molar-refractivity contribution < 1.29 is 19.2 Å². The summed E-state index contributed by atoms with van der Waals surface area (Å²) in [5, 5.41) is 10.6. The summed E-state index contributed by atoms with van der Waals surface area (Å²) in [4.78, 5) is 21.0. The van der Waals surface area contributed by atoms with E-state index in [9.17, 15) is 14.9 Å². The van der Waals surface area contributed by atoms with Crippen LogP contribution in [0.15, 0.2) is 18.2 Å². The number of nitrogens with zero attached hydrogens (tertiary/aromatic N) is 1. The first-order chi connectivity index (χ1) is 9.08. The number of ether oxygens (including phenoxy) is 2. The summed E-state index contributed by atoms with van der Waals surface area (Å²) in [6.45, 7) is 0.279. The summed E-state index contributed by atoms with van der Waals surface area (Å²) in [6, 6.07) is 4.06. The van der Waals surface area contributed by atoms with E-state index in [1.807, 2.05) is 5.43 Å². The van der Waals surface area contributed by atoms with Gasteiger partial charge >= 0.3 is 0 Å². The molecule has 0 bridgehead atoms. The zero-order valence-corrected chi connectivity index (χ0v) is 10.4. The SMILES string of the molecule is COc1cc([N+](=O)[O-])ccc1OCCCC(=O)NN. The van der Waals surface area contributed by atoms with Crippen molar-refractivity contribution in [2.75, 3.05) is 13.7 Å². The number of hydrazine groups is 1. The maximum absolute atomic E-state index is 10.9. The smallest absolute Gasteiger partial charge is 0.273 e. The van der Waals surface area contributed by atoms with Crippen LogP contribution in [0.2, 0.25) is 0 Å². The highest BCUT2D eigenvalue weighted by atomic mass is 16.6. The average molecular weight is 269 g/mol. The number of hydrogen-bond donors (Lipinski definition) is 2. The molecule has 0 radical (unpaired) electrons. The van der Waals surface area contributed by atoms with Crippen LogP contribution in [0.3, 0.4) is 0 Å². The van der Waals surface area contributed by atoms with Crippen LogP contribution in [0.1, 0.15) is 12.8 Å². The van der Waals surface area contributed by atoms with E-state index in [4.69, 9.17) is 15.3 Å². The molecular formula is C11H15N3O5. The van der Waals surface area contributed by atoms with Gasteiger partial charge in [0, 0.05) is 12.5 Å². The quantitative estimate of drug-likeness (QED) is 0.248. The second-order valence-corrected chi connectivity index (χ2v) is 3.61. The van der Waals surface area contributed by atoms with Gasteiger partial charge in [-0.15, -0.1) is 0 Å². The number of rotatable bonds is 7. The molecular weight excluding hydrogens is 254 g/mol. The van der Waals surface area contributed by atoms with Crippen LogP contribution in [-0.4, -0.2) is 24.5 Å². The summed E-state index contributed by atoms with van der Waals surface area (Å²) in [6.07, 6.45) is 0.717. The fourth-order valence-electron chi connectivity index (χ4n) is 1.38. The lowest BCUT2D eigenvalue weighted by molar-refractivity contribution is -0.385. The van der Waals surface area contributed by atoms with Gasteiger partial charge in [-0.3, -0.25) is 20.3 Å². The third-order valence-corrected chi connectivity index (χ3v) is 2.32. The van der Waals surface area contributed by atoms with Crippen molar-refractivity contribution in [3.63, 3.8) is 0 Å². The van der Waals surface area contributed by atoms with Crippen molar-refractivity contribution in [3.05, 3.63) is 28.3 Å².